The molecule has 0 atom stereocenters. The monoisotopic (exact) mass is 358 g/mol. The van der Waals surface area contributed by atoms with E-state index < -0.39 is 0 Å². The molecule has 0 fully saturated rings. The molecule has 0 unspecified atom stereocenters. The number of nitrogens with one attached hydrogen (secondary N) is 1. The maximum atomic E-state index is 5.45. The van der Waals surface area contributed by atoms with Gasteiger partial charge >= 0.3 is 0 Å². The number of fused-ring (bicyclic) bond motifs is 1. The summed E-state index contributed by atoms with van der Waals surface area (Å²) in [5, 5.41) is 1.08. The van der Waals surface area contributed by atoms with Crippen LogP contribution in [0.4, 0.5) is 0 Å². The number of benzene rings is 2. The highest BCUT2D eigenvalue weighted by molar-refractivity contribution is 5.96. The minimum Gasteiger partial charge on any atom is -0.493 e. The van der Waals surface area contributed by atoms with E-state index in [1.54, 1.807) is 14.2 Å². The Labute approximate surface area is 158 Å². The Morgan fingerprint density at radius 1 is 0.778 bits per heavy atom. The number of aromatic amines is 1. The molecule has 2 aromatic heterocycles. The van der Waals surface area contributed by atoms with Crippen molar-refractivity contribution in [2.24, 2.45) is 0 Å². The Kier molecular flexibility index (Phi) is 4.32. The second-order valence-corrected chi connectivity index (χ2v) is 6.69. The Balaban J connectivity index is 1.84. The first-order chi connectivity index (χ1) is 13.1. The fourth-order valence-corrected chi connectivity index (χ4v) is 3.32. The molecular weight excluding hydrogens is 336 g/mol. The molecule has 4 nitrogen and oxygen atoms in total. The van der Waals surface area contributed by atoms with Crippen molar-refractivity contribution in [3.63, 3.8) is 0 Å². The predicted molar refractivity (Wildman–Crippen MR) is 110 cm³/mol. The van der Waals surface area contributed by atoms with E-state index in [4.69, 9.17) is 9.47 Å². The largest absolute Gasteiger partial charge is 0.493 e. The van der Waals surface area contributed by atoms with Crippen molar-refractivity contribution in [3.05, 3.63) is 66.0 Å². The highest BCUT2D eigenvalue weighted by atomic mass is 16.5. The predicted octanol–water partition coefficient (Wildman–Crippen LogP) is 5.53. The number of nitrogens with zero attached hydrogens (tertiary/aromatic N) is 1. The Hall–Kier alpha value is -3.27. The third-order valence-electron chi connectivity index (χ3n) is 5.07. The van der Waals surface area contributed by atoms with E-state index in [9.17, 15) is 0 Å². The normalized spacial score (nSPS) is 11.0. The van der Waals surface area contributed by atoms with E-state index in [-0.39, 0.29) is 0 Å². The summed E-state index contributed by atoms with van der Waals surface area (Å²) in [6, 6.07) is 14.6. The Bertz CT molecular complexity index is 1130. The molecule has 2 aromatic carbocycles. The quantitative estimate of drug-likeness (QED) is 0.522. The lowest BCUT2D eigenvalue weighted by atomic mass is 9.99. The zero-order chi connectivity index (χ0) is 19.0. The number of methoxy groups -OCH3 is 2. The summed E-state index contributed by atoms with van der Waals surface area (Å²) >= 11 is 0. The van der Waals surface area contributed by atoms with Gasteiger partial charge in [-0.1, -0.05) is 24.3 Å². The SMILES string of the molecule is COc1ccc(-c2c[nH]c3ncc(-c4ccc(C)c(C)c4)cc23)cc1OC. The van der Waals surface area contributed by atoms with Crippen LogP contribution in [-0.4, -0.2) is 24.2 Å². The summed E-state index contributed by atoms with van der Waals surface area (Å²) in [4.78, 5) is 7.89. The first kappa shape index (κ1) is 17.2. The van der Waals surface area contributed by atoms with Crippen LogP contribution in [0.1, 0.15) is 11.1 Å². The molecule has 0 saturated carbocycles. The van der Waals surface area contributed by atoms with E-state index >= 15 is 0 Å². The standard InChI is InChI=1S/C23H22N2O2/c1-14-5-6-16(9-15(14)2)18-10-19-20(13-25-23(19)24-12-18)17-7-8-21(26-3)22(11-17)27-4/h5-13H,1-4H3,(H,24,25). The van der Waals surface area contributed by atoms with Crippen molar-refractivity contribution < 1.29 is 9.47 Å². The molecule has 136 valence electrons. The summed E-state index contributed by atoms with van der Waals surface area (Å²) in [5.74, 6) is 1.43. The van der Waals surface area contributed by atoms with E-state index in [0.29, 0.717) is 5.75 Å². The van der Waals surface area contributed by atoms with Crippen molar-refractivity contribution in [3.8, 4) is 33.8 Å². The third-order valence-corrected chi connectivity index (χ3v) is 5.07. The Morgan fingerprint density at radius 2 is 1.56 bits per heavy atom. The molecule has 0 aliphatic rings. The molecule has 4 aromatic rings. The minimum atomic E-state index is 0.711. The lowest BCUT2D eigenvalue weighted by Crippen LogP contribution is -1.90. The Morgan fingerprint density at radius 3 is 2.30 bits per heavy atom. The summed E-state index contributed by atoms with van der Waals surface area (Å²) in [6.07, 6.45) is 3.91. The van der Waals surface area contributed by atoms with Crippen molar-refractivity contribution >= 4 is 11.0 Å². The average molecular weight is 358 g/mol. The van der Waals surface area contributed by atoms with Crippen molar-refractivity contribution in [2.75, 3.05) is 14.2 Å². The molecule has 4 rings (SSSR count). The summed E-state index contributed by atoms with van der Waals surface area (Å²) in [6.45, 7) is 4.26. The maximum absolute atomic E-state index is 5.45. The number of hydrogen-bond acceptors (Lipinski definition) is 3. The lowest BCUT2D eigenvalue weighted by molar-refractivity contribution is 0.355. The summed E-state index contributed by atoms with van der Waals surface area (Å²) < 4.78 is 10.8. The molecule has 0 bridgehead atoms. The van der Waals surface area contributed by atoms with Gasteiger partial charge in [0.1, 0.15) is 5.65 Å². The van der Waals surface area contributed by atoms with Crippen molar-refractivity contribution in [1.82, 2.24) is 9.97 Å². The molecule has 4 heteroatoms. The zero-order valence-electron chi connectivity index (χ0n) is 16.0. The molecule has 0 radical (unpaired) electrons. The first-order valence-corrected chi connectivity index (χ1v) is 8.88. The number of aryl methyl sites for hydroxylation is 2. The lowest BCUT2D eigenvalue weighted by Gasteiger charge is -2.09. The fraction of sp³-hybridized carbons (Fsp3) is 0.174. The van der Waals surface area contributed by atoms with Gasteiger partial charge in [-0.15, -0.1) is 0 Å². The topological polar surface area (TPSA) is 47.1 Å². The van der Waals surface area contributed by atoms with Crippen LogP contribution in [0.5, 0.6) is 11.5 Å². The van der Waals surface area contributed by atoms with Crippen molar-refractivity contribution in [2.45, 2.75) is 13.8 Å². The summed E-state index contributed by atoms with van der Waals surface area (Å²) in [7, 11) is 3.29. The maximum Gasteiger partial charge on any atom is 0.161 e. The molecule has 0 aliphatic heterocycles. The molecule has 27 heavy (non-hydrogen) atoms. The number of ether oxygens (including phenoxy) is 2. The number of pyridine rings is 1. The van der Waals surface area contributed by atoms with Gasteiger partial charge in [-0.25, -0.2) is 4.98 Å². The molecular formula is C23H22N2O2. The van der Waals surface area contributed by atoms with E-state index in [0.717, 1.165) is 33.5 Å². The van der Waals surface area contributed by atoms with Gasteiger partial charge in [-0.05, 0) is 54.3 Å². The van der Waals surface area contributed by atoms with Gasteiger partial charge in [0.15, 0.2) is 11.5 Å². The van der Waals surface area contributed by atoms with E-state index in [2.05, 4.69) is 48.1 Å². The minimum absolute atomic E-state index is 0.711. The van der Waals surface area contributed by atoms with Crippen LogP contribution < -0.4 is 9.47 Å². The van der Waals surface area contributed by atoms with E-state index in [1.807, 2.05) is 30.6 Å². The van der Waals surface area contributed by atoms with E-state index in [1.165, 1.54) is 16.7 Å². The number of aromatic nitrogens is 2. The van der Waals surface area contributed by atoms with Gasteiger partial charge < -0.3 is 14.5 Å². The zero-order valence-corrected chi connectivity index (χ0v) is 16.0. The van der Waals surface area contributed by atoms with Gasteiger partial charge in [0, 0.05) is 28.9 Å². The van der Waals surface area contributed by atoms with Crippen LogP contribution in [0.25, 0.3) is 33.3 Å². The van der Waals surface area contributed by atoms with Gasteiger partial charge in [-0.3, -0.25) is 0 Å². The van der Waals surface area contributed by atoms with Crippen LogP contribution >= 0.6 is 0 Å². The van der Waals surface area contributed by atoms with Gasteiger partial charge in [0.25, 0.3) is 0 Å². The average Bonchev–Trinajstić information content (AvgIpc) is 3.12. The highest BCUT2D eigenvalue weighted by Gasteiger charge is 2.12. The molecule has 0 amide bonds. The number of rotatable bonds is 4. The van der Waals surface area contributed by atoms with Gasteiger partial charge in [-0.2, -0.15) is 0 Å². The second-order valence-electron chi connectivity index (χ2n) is 6.69. The summed E-state index contributed by atoms with van der Waals surface area (Å²) in [5.41, 5.74) is 7.86. The number of H-pyrrole nitrogens is 1. The van der Waals surface area contributed by atoms with Crippen LogP contribution in [0, 0.1) is 13.8 Å². The second kappa shape index (κ2) is 6.80. The van der Waals surface area contributed by atoms with Crippen LogP contribution in [0.3, 0.4) is 0 Å². The molecule has 0 aliphatic carbocycles. The molecule has 1 N–H and O–H groups in total. The molecule has 0 spiro atoms. The van der Waals surface area contributed by atoms with Gasteiger partial charge in [0.2, 0.25) is 0 Å². The number of hydrogen-bond donors (Lipinski definition) is 1. The van der Waals surface area contributed by atoms with Crippen LogP contribution in [0.15, 0.2) is 54.9 Å². The molecule has 0 saturated heterocycles. The highest BCUT2D eigenvalue weighted by Crippen LogP contribution is 2.36. The van der Waals surface area contributed by atoms with Crippen molar-refractivity contribution in [1.29, 1.82) is 0 Å². The first-order valence-electron chi connectivity index (χ1n) is 8.88. The molecule has 2 heterocycles. The third kappa shape index (κ3) is 3.04. The van der Waals surface area contributed by atoms with Crippen LogP contribution in [0.2, 0.25) is 0 Å². The fourth-order valence-electron chi connectivity index (χ4n) is 3.32. The van der Waals surface area contributed by atoms with Gasteiger partial charge in [0.05, 0.1) is 14.2 Å². The van der Waals surface area contributed by atoms with Crippen LogP contribution in [-0.2, 0) is 0 Å². The smallest absolute Gasteiger partial charge is 0.161 e.